The van der Waals surface area contributed by atoms with Crippen LogP contribution in [0.2, 0.25) is 0 Å². The molecule has 0 radical (unpaired) electrons. The number of amides is 3. The lowest BCUT2D eigenvalue weighted by molar-refractivity contribution is -0.122. The molecule has 0 saturated carbocycles. The van der Waals surface area contributed by atoms with Crippen LogP contribution in [-0.2, 0) is 11.2 Å². The monoisotopic (exact) mass is 349 g/mol. The Kier molecular flexibility index (Phi) is 9.69. The fourth-order valence-electron chi connectivity index (χ4n) is 1.81. The van der Waals surface area contributed by atoms with Gasteiger partial charge in [-0.1, -0.05) is 19.1 Å². The quantitative estimate of drug-likeness (QED) is 0.368. The molecule has 3 amide bonds. The van der Waals surface area contributed by atoms with Gasteiger partial charge in [-0.25, -0.2) is 10.2 Å². The number of carbonyl (C=O) groups is 2. The molecule has 25 heavy (non-hydrogen) atoms. The molecule has 0 aliphatic carbocycles. The summed E-state index contributed by atoms with van der Waals surface area (Å²) in [6.45, 7) is 4.84. The SMILES string of the molecule is CCNC(=O)COc1ccc(CCNC(=O)N/N=C/C(N)CC)cc1. The number of nitrogens with two attached hydrogens (primary N) is 1. The first-order valence-corrected chi connectivity index (χ1v) is 8.36. The summed E-state index contributed by atoms with van der Waals surface area (Å²) in [5.41, 5.74) is 9.05. The van der Waals surface area contributed by atoms with Gasteiger partial charge in [0, 0.05) is 25.3 Å². The molecule has 0 aromatic heterocycles. The third kappa shape index (κ3) is 9.31. The Morgan fingerprint density at radius 1 is 1.24 bits per heavy atom. The minimum atomic E-state index is -0.374. The third-order valence-corrected chi connectivity index (χ3v) is 3.27. The fourth-order valence-corrected chi connectivity index (χ4v) is 1.81. The number of hydrogen-bond acceptors (Lipinski definition) is 5. The molecule has 1 aromatic rings. The maximum Gasteiger partial charge on any atom is 0.335 e. The summed E-state index contributed by atoms with van der Waals surface area (Å²) in [4.78, 5) is 22.8. The molecule has 8 nitrogen and oxygen atoms in total. The van der Waals surface area contributed by atoms with Crippen molar-refractivity contribution in [1.82, 2.24) is 16.1 Å². The van der Waals surface area contributed by atoms with Gasteiger partial charge in [-0.15, -0.1) is 0 Å². The zero-order chi connectivity index (χ0) is 18.5. The Morgan fingerprint density at radius 3 is 2.60 bits per heavy atom. The Hall–Kier alpha value is -2.61. The molecule has 8 heteroatoms. The van der Waals surface area contributed by atoms with Crippen LogP contribution < -0.4 is 26.5 Å². The highest BCUT2D eigenvalue weighted by molar-refractivity contribution is 5.77. The van der Waals surface area contributed by atoms with Gasteiger partial charge in [-0.3, -0.25) is 4.79 Å². The largest absolute Gasteiger partial charge is 0.484 e. The van der Waals surface area contributed by atoms with Crippen LogP contribution in [0.25, 0.3) is 0 Å². The van der Waals surface area contributed by atoms with Crippen LogP contribution in [0.1, 0.15) is 25.8 Å². The number of hydrogen-bond donors (Lipinski definition) is 4. The van der Waals surface area contributed by atoms with E-state index < -0.39 is 0 Å². The van der Waals surface area contributed by atoms with Crippen LogP contribution in [0.3, 0.4) is 0 Å². The molecular formula is C17H27N5O3. The second kappa shape index (κ2) is 11.9. The number of rotatable bonds is 10. The summed E-state index contributed by atoms with van der Waals surface area (Å²) in [5.74, 6) is 0.478. The summed E-state index contributed by atoms with van der Waals surface area (Å²) in [7, 11) is 0. The first kappa shape index (κ1) is 20.4. The number of urea groups is 1. The third-order valence-electron chi connectivity index (χ3n) is 3.27. The molecule has 0 heterocycles. The minimum Gasteiger partial charge on any atom is -0.484 e. The molecule has 1 atom stereocenters. The van der Waals surface area contributed by atoms with E-state index in [1.807, 2.05) is 26.0 Å². The Labute approximate surface area is 148 Å². The highest BCUT2D eigenvalue weighted by atomic mass is 16.5. The Bertz CT molecular complexity index is 560. The standard InChI is InChI=1S/C17H27N5O3/c1-3-14(18)11-21-22-17(24)20-10-9-13-5-7-15(8-6-13)25-12-16(23)19-4-2/h5-8,11,14H,3-4,9-10,12,18H2,1-2H3,(H,19,23)(H2,20,22,24)/b21-11+. The van der Waals surface area contributed by atoms with Crippen LogP contribution in [0, 0.1) is 0 Å². The van der Waals surface area contributed by atoms with Gasteiger partial charge in [0.15, 0.2) is 6.61 Å². The van der Waals surface area contributed by atoms with E-state index in [2.05, 4.69) is 21.2 Å². The average molecular weight is 349 g/mol. The van der Waals surface area contributed by atoms with Crippen LogP contribution in [0.4, 0.5) is 4.79 Å². The van der Waals surface area contributed by atoms with Crippen LogP contribution in [0.15, 0.2) is 29.4 Å². The van der Waals surface area contributed by atoms with Crippen molar-refractivity contribution in [3.63, 3.8) is 0 Å². The summed E-state index contributed by atoms with van der Waals surface area (Å²) in [6, 6.07) is 6.85. The van der Waals surface area contributed by atoms with Crippen molar-refractivity contribution in [3.8, 4) is 5.75 Å². The first-order chi connectivity index (χ1) is 12.0. The van der Waals surface area contributed by atoms with Crippen molar-refractivity contribution in [2.75, 3.05) is 19.7 Å². The van der Waals surface area contributed by atoms with E-state index >= 15 is 0 Å². The van der Waals surface area contributed by atoms with Crippen molar-refractivity contribution in [1.29, 1.82) is 0 Å². The van der Waals surface area contributed by atoms with Gasteiger partial charge in [0.25, 0.3) is 5.91 Å². The second-order valence-corrected chi connectivity index (χ2v) is 5.35. The molecule has 1 unspecified atom stereocenters. The van der Waals surface area contributed by atoms with E-state index in [9.17, 15) is 9.59 Å². The lowest BCUT2D eigenvalue weighted by Crippen LogP contribution is -2.34. The molecule has 138 valence electrons. The minimum absolute atomic E-state index is 0.00286. The molecular weight excluding hydrogens is 322 g/mol. The van der Waals surface area contributed by atoms with Gasteiger partial charge in [0.05, 0.1) is 0 Å². The lowest BCUT2D eigenvalue weighted by Gasteiger charge is -2.08. The maximum absolute atomic E-state index is 11.5. The van der Waals surface area contributed by atoms with Crippen LogP contribution in [0.5, 0.6) is 5.75 Å². The van der Waals surface area contributed by atoms with Gasteiger partial charge in [0.2, 0.25) is 0 Å². The molecule has 5 N–H and O–H groups in total. The molecule has 0 spiro atoms. The number of ether oxygens (including phenoxy) is 1. The number of hydrazone groups is 1. The van der Waals surface area contributed by atoms with E-state index in [4.69, 9.17) is 10.5 Å². The smallest absolute Gasteiger partial charge is 0.335 e. The number of carbonyl (C=O) groups excluding carboxylic acids is 2. The van der Waals surface area contributed by atoms with Crippen molar-refractivity contribution in [2.45, 2.75) is 32.7 Å². The topological polar surface area (TPSA) is 118 Å². The van der Waals surface area contributed by atoms with Crippen LogP contribution in [-0.4, -0.2) is 43.9 Å². The Balaban J connectivity index is 2.26. The zero-order valence-electron chi connectivity index (χ0n) is 14.7. The average Bonchev–Trinajstić information content (AvgIpc) is 2.61. The number of nitrogens with zero attached hydrogens (tertiary/aromatic N) is 1. The van der Waals surface area contributed by atoms with E-state index in [0.717, 1.165) is 12.0 Å². The van der Waals surface area contributed by atoms with E-state index in [1.54, 1.807) is 12.1 Å². The highest BCUT2D eigenvalue weighted by Crippen LogP contribution is 2.12. The predicted octanol–water partition coefficient (Wildman–Crippen LogP) is 0.766. The maximum atomic E-state index is 11.5. The van der Waals surface area contributed by atoms with E-state index in [0.29, 0.717) is 25.3 Å². The predicted molar refractivity (Wildman–Crippen MR) is 97.6 cm³/mol. The number of likely N-dealkylation sites (N-methyl/N-ethyl adjacent to an activating group) is 1. The Morgan fingerprint density at radius 2 is 1.96 bits per heavy atom. The fraction of sp³-hybridized carbons (Fsp3) is 0.471. The van der Waals surface area contributed by atoms with Crippen LogP contribution >= 0.6 is 0 Å². The summed E-state index contributed by atoms with van der Waals surface area (Å²) < 4.78 is 5.37. The van der Waals surface area contributed by atoms with Crippen molar-refractivity contribution < 1.29 is 14.3 Å². The van der Waals surface area contributed by atoms with Gasteiger partial charge >= 0.3 is 6.03 Å². The summed E-state index contributed by atoms with van der Waals surface area (Å²) >= 11 is 0. The van der Waals surface area contributed by atoms with Gasteiger partial charge in [0.1, 0.15) is 5.75 Å². The number of nitrogens with one attached hydrogen (secondary N) is 3. The van der Waals surface area contributed by atoms with Crippen molar-refractivity contribution in [3.05, 3.63) is 29.8 Å². The normalized spacial score (nSPS) is 11.8. The van der Waals surface area contributed by atoms with Gasteiger partial charge < -0.3 is 21.1 Å². The summed E-state index contributed by atoms with van der Waals surface area (Å²) in [6.07, 6.45) is 2.93. The molecule has 0 aliphatic heterocycles. The first-order valence-electron chi connectivity index (χ1n) is 8.36. The lowest BCUT2D eigenvalue weighted by atomic mass is 10.1. The highest BCUT2D eigenvalue weighted by Gasteiger charge is 2.02. The molecule has 0 saturated heterocycles. The molecule has 1 aromatic carbocycles. The van der Waals surface area contributed by atoms with Gasteiger partial charge in [-0.05, 0) is 37.5 Å². The summed E-state index contributed by atoms with van der Waals surface area (Å²) in [5, 5.41) is 9.13. The molecule has 0 aliphatic rings. The van der Waals surface area contributed by atoms with Crippen molar-refractivity contribution in [2.24, 2.45) is 10.8 Å². The van der Waals surface area contributed by atoms with E-state index in [1.165, 1.54) is 6.21 Å². The number of benzene rings is 1. The molecule has 1 rings (SSSR count). The molecule has 0 fully saturated rings. The van der Waals surface area contributed by atoms with E-state index in [-0.39, 0.29) is 24.6 Å². The second-order valence-electron chi connectivity index (χ2n) is 5.35. The zero-order valence-corrected chi connectivity index (χ0v) is 14.7. The van der Waals surface area contributed by atoms with Gasteiger partial charge in [-0.2, -0.15) is 5.10 Å². The molecule has 0 bridgehead atoms. The van der Waals surface area contributed by atoms with Crippen molar-refractivity contribution >= 4 is 18.2 Å².